The average molecular weight is 326 g/mol. The lowest BCUT2D eigenvalue weighted by molar-refractivity contribution is -0.275. The van der Waals surface area contributed by atoms with E-state index in [9.17, 15) is 13.2 Å². The number of rotatable bonds is 6. The molecule has 2 aliphatic carbocycles. The third kappa shape index (κ3) is 4.43. The van der Waals surface area contributed by atoms with Crippen molar-refractivity contribution in [3.05, 3.63) is 35.4 Å². The van der Waals surface area contributed by atoms with Crippen LogP contribution in [-0.4, -0.2) is 12.5 Å². The number of ether oxygens (including phenoxy) is 2. The minimum absolute atomic E-state index is 0.00518. The summed E-state index contributed by atoms with van der Waals surface area (Å²) >= 11 is 0. The third-order valence-corrected chi connectivity index (χ3v) is 4.41. The molecule has 3 rings (SSSR count). The van der Waals surface area contributed by atoms with E-state index in [1.54, 1.807) is 13.0 Å². The fourth-order valence-electron chi connectivity index (χ4n) is 2.61. The van der Waals surface area contributed by atoms with E-state index in [0.717, 1.165) is 24.8 Å². The molecule has 0 radical (unpaired) electrons. The van der Waals surface area contributed by atoms with Gasteiger partial charge in [0, 0.05) is 0 Å². The molecule has 0 aromatic heterocycles. The van der Waals surface area contributed by atoms with Gasteiger partial charge in [0.15, 0.2) is 11.5 Å². The van der Waals surface area contributed by atoms with Crippen LogP contribution in [0.15, 0.2) is 24.3 Å². The van der Waals surface area contributed by atoms with Crippen LogP contribution >= 0.6 is 0 Å². The highest BCUT2D eigenvalue weighted by atomic mass is 19.4. The van der Waals surface area contributed by atoms with Crippen molar-refractivity contribution in [3.63, 3.8) is 0 Å². The summed E-state index contributed by atoms with van der Waals surface area (Å²) in [5.74, 6) is 0.656. The predicted octanol–water partition coefficient (Wildman–Crippen LogP) is 5.33. The Balaban J connectivity index is 1.81. The molecule has 0 N–H and O–H groups in total. The first-order valence-corrected chi connectivity index (χ1v) is 8.14. The molecule has 23 heavy (non-hydrogen) atoms. The van der Waals surface area contributed by atoms with Gasteiger partial charge in [-0.15, -0.1) is 13.2 Å². The van der Waals surface area contributed by atoms with Crippen molar-refractivity contribution >= 4 is 0 Å². The van der Waals surface area contributed by atoms with E-state index in [-0.39, 0.29) is 17.6 Å². The van der Waals surface area contributed by atoms with Gasteiger partial charge in [0.05, 0.1) is 6.10 Å². The second-order valence-electron chi connectivity index (χ2n) is 6.37. The Hall–Kier alpha value is -1.65. The molecule has 0 atom stereocenters. The van der Waals surface area contributed by atoms with Crippen molar-refractivity contribution in [2.75, 3.05) is 0 Å². The third-order valence-electron chi connectivity index (χ3n) is 4.41. The van der Waals surface area contributed by atoms with Gasteiger partial charge in [-0.25, -0.2) is 0 Å². The zero-order valence-electron chi connectivity index (χ0n) is 13.2. The van der Waals surface area contributed by atoms with E-state index in [1.807, 2.05) is 12.1 Å². The standard InChI is InChI=1S/C18H21F3O2/c1-12-14(5-2-4-13-8-9-13)10-11-16(22-15-6-3-7-15)17(12)23-18(19,20)21/h2,4,10-11,13,15H,3,5-9H2,1H3/b4-2+. The summed E-state index contributed by atoms with van der Waals surface area (Å²) in [4.78, 5) is 0. The van der Waals surface area contributed by atoms with E-state index >= 15 is 0 Å². The van der Waals surface area contributed by atoms with Gasteiger partial charge in [0.1, 0.15) is 0 Å². The molecule has 1 aromatic carbocycles. The first kappa shape index (κ1) is 16.2. The lowest BCUT2D eigenvalue weighted by atomic mass is 9.96. The smallest absolute Gasteiger partial charge is 0.487 e. The zero-order chi connectivity index (χ0) is 16.4. The Labute approximate surface area is 134 Å². The summed E-state index contributed by atoms with van der Waals surface area (Å²) in [5.41, 5.74) is 1.33. The van der Waals surface area contributed by atoms with Crippen LogP contribution in [0.4, 0.5) is 13.2 Å². The predicted molar refractivity (Wildman–Crippen MR) is 81.7 cm³/mol. The molecular formula is C18H21F3O2. The van der Waals surface area contributed by atoms with Gasteiger partial charge < -0.3 is 9.47 Å². The van der Waals surface area contributed by atoms with Gasteiger partial charge in [-0.05, 0) is 68.6 Å². The van der Waals surface area contributed by atoms with Gasteiger partial charge in [0.2, 0.25) is 0 Å². The maximum atomic E-state index is 12.7. The topological polar surface area (TPSA) is 18.5 Å². The molecule has 0 heterocycles. The average Bonchev–Trinajstić information content (AvgIpc) is 3.22. The summed E-state index contributed by atoms with van der Waals surface area (Å²) in [7, 11) is 0. The molecule has 2 saturated carbocycles. The molecule has 0 aliphatic heterocycles. The number of allylic oxidation sites excluding steroid dienone is 2. The molecule has 0 unspecified atom stereocenters. The largest absolute Gasteiger partial charge is 0.573 e. The molecular weight excluding hydrogens is 305 g/mol. The van der Waals surface area contributed by atoms with E-state index in [2.05, 4.69) is 10.8 Å². The maximum absolute atomic E-state index is 12.7. The molecule has 2 aliphatic rings. The monoisotopic (exact) mass is 326 g/mol. The maximum Gasteiger partial charge on any atom is 0.573 e. The zero-order valence-corrected chi connectivity index (χ0v) is 13.2. The van der Waals surface area contributed by atoms with E-state index < -0.39 is 6.36 Å². The molecule has 2 fully saturated rings. The Morgan fingerprint density at radius 3 is 2.48 bits per heavy atom. The Morgan fingerprint density at radius 2 is 1.91 bits per heavy atom. The minimum Gasteiger partial charge on any atom is -0.487 e. The van der Waals surface area contributed by atoms with Crippen molar-refractivity contribution in [1.29, 1.82) is 0 Å². The quantitative estimate of drug-likeness (QED) is 0.658. The molecule has 0 bridgehead atoms. The molecule has 0 saturated heterocycles. The van der Waals surface area contributed by atoms with Crippen molar-refractivity contribution in [1.82, 2.24) is 0 Å². The highest BCUT2D eigenvalue weighted by Gasteiger charge is 2.34. The highest BCUT2D eigenvalue weighted by Crippen LogP contribution is 2.39. The number of benzene rings is 1. The van der Waals surface area contributed by atoms with Gasteiger partial charge in [-0.1, -0.05) is 18.2 Å². The number of hydrogen-bond donors (Lipinski definition) is 0. The van der Waals surface area contributed by atoms with Crippen molar-refractivity contribution in [3.8, 4) is 11.5 Å². The number of hydrogen-bond acceptors (Lipinski definition) is 2. The van der Waals surface area contributed by atoms with Crippen molar-refractivity contribution in [2.24, 2.45) is 5.92 Å². The van der Waals surface area contributed by atoms with Gasteiger partial charge in [-0.3, -0.25) is 0 Å². The lowest BCUT2D eigenvalue weighted by Crippen LogP contribution is -2.26. The first-order valence-electron chi connectivity index (χ1n) is 8.14. The van der Waals surface area contributed by atoms with Crippen molar-refractivity contribution in [2.45, 2.75) is 57.9 Å². The van der Waals surface area contributed by atoms with Crippen LogP contribution in [0.1, 0.15) is 43.2 Å². The van der Waals surface area contributed by atoms with Gasteiger partial charge >= 0.3 is 6.36 Å². The second kappa shape index (κ2) is 6.46. The van der Waals surface area contributed by atoms with Crippen molar-refractivity contribution < 1.29 is 22.6 Å². The van der Waals surface area contributed by atoms with Gasteiger partial charge in [0.25, 0.3) is 0 Å². The summed E-state index contributed by atoms with van der Waals surface area (Å²) < 4.78 is 48.2. The summed E-state index contributed by atoms with van der Waals surface area (Å²) in [6, 6.07) is 3.44. The van der Waals surface area contributed by atoms with E-state index in [1.165, 1.54) is 12.8 Å². The summed E-state index contributed by atoms with van der Waals surface area (Å²) in [6.45, 7) is 1.66. The molecule has 0 amide bonds. The van der Waals surface area contributed by atoms with Crippen LogP contribution in [0.2, 0.25) is 0 Å². The SMILES string of the molecule is Cc1c(C/C=C/C2CC2)ccc(OC2CCC2)c1OC(F)(F)F. The Morgan fingerprint density at radius 1 is 1.17 bits per heavy atom. The second-order valence-corrected chi connectivity index (χ2v) is 6.37. The van der Waals surface area contributed by atoms with Crippen LogP contribution in [0, 0.1) is 12.8 Å². The highest BCUT2D eigenvalue weighted by molar-refractivity contribution is 5.51. The van der Waals surface area contributed by atoms with Crippen LogP contribution in [0.3, 0.4) is 0 Å². The lowest BCUT2D eigenvalue weighted by Gasteiger charge is -2.28. The molecule has 126 valence electrons. The van der Waals surface area contributed by atoms with Crippen LogP contribution < -0.4 is 9.47 Å². The molecule has 2 nitrogen and oxygen atoms in total. The summed E-state index contributed by atoms with van der Waals surface area (Å²) in [6.07, 6.45) is 5.33. The minimum atomic E-state index is -4.72. The van der Waals surface area contributed by atoms with E-state index in [0.29, 0.717) is 17.9 Å². The van der Waals surface area contributed by atoms with Crippen LogP contribution in [0.5, 0.6) is 11.5 Å². The van der Waals surface area contributed by atoms with E-state index in [4.69, 9.17) is 4.74 Å². The van der Waals surface area contributed by atoms with Gasteiger partial charge in [-0.2, -0.15) is 0 Å². The Kier molecular flexibility index (Phi) is 4.55. The molecule has 1 aromatic rings. The normalized spacial score (nSPS) is 19.0. The van der Waals surface area contributed by atoms with Crippen LogP contribution in [0.25, 0.3) is 0 Å². The first-order chi connectivity index (χ1) is 10.9. The molecule has 0 spiro atoms. The summed E-state index contributed by atoms with van der Waals surface area (Å²) in [5, 5.41) is 0. The number of halogens is 3. The number of alkyl halides is 3. The Bertz CT molecular complexity index is 585. The fraction of sp³-hybridized carbons (Fsp3) is 0.556. The fourth-order valence-corrected chi connectivity index (χ4v) is 2.61. The van der Waals surface area contributed by atoms with Crippen LogP contribution in [-0.2, 0) is 6.42 Å². The molecule has 5 heteroatoms.